The van der Waals surface area contributed by atoms with Gasteiger partial charge >= 0.3 is 0 Å². The Bertz CT molecular complexity index is 284. The first-order valence-corrected chi connectivity index (χ1v) is 6.00. The molecule has 0 aromatic heterocycles. The first-order chi connectivity index (χ1) is 8.36. The Labute approximate surface area is 104 Å². The van der Waals surface area contributed by atoms with Gasteiger partial charge in [-0.1, -0.05) is 49.1 Å². The molecule has 0 bridgehead atoms. The van der Waals surface area contributed by atoms with Crippen LogP contribution in [0.15, 0.2) is 24.3 Å². The predicted molar refractivity (Wildman–Crippen MR) is 71.2 cm³/mol. The van der Waals surface area contributed by atoms with Crippen molar-refractivity contribution in [3.63, 3.8) is 0 Å². The molecular weight excluding hydrogens is 212 g/mol. The number of hydrogen-bond donors (Lipinski definition) is 0. The first-order valence-electron chi connectivity index (χ1n) is 6.00. The standard InChI is InChI=1S/C13H18.2CH2O/c1-11-7-9-13(10-8-11)12-5-3-2-4-6-12;2*1-2/h7-10,12H,2-6H2,1H3;2*1H2. The van der Waals surface area contributed by atoms with Gasteiger partial charge in [0.25, 0.3) is 0 Å². The Morgan fingerprint density at radius 1 is 0.882 bits per heavy atom. The third-order valence-electron chi connectivity index (χ3n) is 3.15. The minimum Gasteiger partial charge on any atom is -0.307 e. The normalized spacial score (nSPS) is 14.9. The molecule has 1 saturated carbocycles. The van der Waals surface area contributed by atoms with Gasteiger partial charge in [0.05, 0.1) is 0 Å². The van der Waals surface area contributed by atoms with Gasteiger partial charge in [-0.05, 0) is 31.2 Å². The molecule has 0 N–H and O–H groups in total. The van der Waals surface area contributed by atoms with E-state index in [9.17, 15) is 0 Å². The quantitative estimate of drug-likeness (QED) is 0.743. The van der Waals surface area contributed by atoms with Crippen LogP contribution >= 0.6 is 0 Å². The molecule has 0 saturated heterocycles. The third-order valence-corrected chi connectivity index (χ3v) is 3.15. The van der Waals surface area contributed by atoms with Crippen molar-refractivity contribution in [3.05, 3.63) is 35.4 Å². The second-order valence-electron chi connectivity index (χ2n) is 4.25. The summed E-state index contributed by atoms with van der Waals surface area (Å²) in [5.41, 5.74) is 2.94. The Kier molecular flexibility index (Phi) is 8.94. The minimum atomic E-state index is 0.856. The zero-order chi connectivity index (χ0) is 13.1. The number of rotatable bonds is 1. The number of hydrogen-bond acceptors (Lipinski definition) is 2. The lowest BCUT2D eigenvalue weighted by Crippen LogP contribution is -2.04. The highest BCUT2D eigenvalue weighted by Gasteiger charge is 2.14. The summed E-state index contributed by atoms with van der Waals surface area (Å²) in [6, 6.07) is 9.10. The van der Waals surface area contributed by atoms with Crippen molar-refractivity contribution in [2.75, 3.05) is 0 Å². The Morgan fingerprint density at radius 3 is 1.82 bits per heavy atom. The molecule has 1 aromatic rings. The lowest BCUT2D eigenvalue weighted by molar-refractivity contribution is -0.0987. The van der Waals surface area contributed by atoms with Crippen molar-refractivity contribution in [2.24, 2.45) is 0 Å². The lowest BCUT2D eigenvalue weighted by atomic mass is 9.84. The lowest BCUT2D eigenvalue weighted by Gasteiger charge is -2.21. The molecule has 0 heterocycles. The van der Waals surface area contributed by atoms with Gasteiger partial charge in [-0.3, -0.25) is 0 Å². The molecule has 1 aliphatic rings. The van der Waals surface area contributed by atoms with Gasteiger partial charge < -0.3 is 9.59 Å². The van der Waals surface area contributed by atoms with Crippen LogP contribution in [0.5, 0.6) is 0 Å². The van der Waals surface area contributed by atoms with Crippen LogP contribution in [-0.4, -0.2) is 13.6 Å². The van der Waals surface area contributed by atoms with Gasteiger partial charge in [0.1, 0.15) is 13.6 Å². The number of carbonyl (C=O) groups is 2. The van der Waals surface area contributed by atoms with Crippen molar-refractivity contribution in [3.8, 4) is 0 Å². The highest BCUT2D eigenvalue weighted by molar-refractivity contribution is 5.24. The zero-order valence-electron chi connectivity index (χ0n) is 10.7. The zero-order valence-corrected chi connectivity index (χ0v) is 10.7. The second-order valence-corrected chi connectivity index (χ2v) is 4.25. The molecule has 1 aromatic carbocycles. The van der Waals surface area contributed by atoms with E-state index in [-0.39, 0.29) is 0 Å². The van der Waals surface area contributed by atoms with E-state index >= 15 is 0 Å². The smallest absolute Gasteiger partial charge is 0.106 e. The average Bonchev–Trinajstić information content (AvgIpc) is 2.45. The van der Waals surface area contributed by atoms with E-state index < -0.39 is 0 Å². The molecule has 0 unspecified atom stereocenters. The van der Waals surface area contributed by atoms with E-state index in [4.69, 9.17) is 9.59 Å². The van der Waals surface area contributed by atoms with Crippen LogP contribution in [0.1, 0.15) is 49.1 Å². The summed E-state index contributed by atoms with van der Waals surface area (Å²) < 4.78 is 0. The van der Waals surface area contributed by atoms with Crippen molar-refractivity contribution < 1.29 is 9.59 Å². The fourth-order valence-electron chi connectivity index (χ4n) is 2.27. The fraction of sp³-hybridized carbons (Fsp3) is 0.467. The second kappa shape index (κ2) is 9.76. The van der Waals surface area contributed by atoms with E-state index in [0.717, 1.165) is 5.92 Å². The molecule has 2 rings (SSSR count). The molecule has 2 heteroatoms. The maximum atomic E-state index is 8.00. The van der Waals surface area contributed by atoms with Crippen LogP contribution in [0.3, 0.4) is 0 Å². The summed E-state index contributed by atoms with van der Waals surface area (Å²) in [6.45, 7) is 6.16. The van der Waals surface area contributed by atoms with Gasteiger partial charge in [-0.25, -0.2) is 0 Å². The molecule has 1 aliphatic carbocycles. The Hall–Kier alpha value is -1.44. The van der Waals surface area contributed by atoms with Crippen molar-refractivity contribution >= 4 is 13.6 Å². The maximum Gasteiger partial charge on any atom is 0.106 e. The third kappa shape index (κ3) is 5.43. The monoisotopic (exact) mass is 234 g/mol. The minimum absolute atomic E-state index is 0.856. The Balaban J connectivity index is 0.000000581. The van der Waals surface area contributed by atoms with Crippen LogP contribution < -0.4 is 0 Å². The van der Waals surface area contributed by atoms with Crippen LogP contribution in [0.25, 0.3) is 0 Å². The number of benzene rings is 1. The summed E-state index contributed by atoms with van der Waals surface area (Å²) in [4.78, 5) is 16.0. The van der Waals surface area contributed by atoms with Crippen molar-refractivity contribution in [2.45, 2.75) is 44.9 Å². The Morgan fingerprint density at radius 2 is 1.35 bits per heavy atom. The van der Waals surface area contributed by atoms with E-state index in [0.29, 0.717) is 0 Å². The molecule has 2 nitrogen and oxygen atoms in total. The number of carbonyl (C=O) groups excluding carboxylic acids is 2. The van der Waals surface area contributed by atoms with Gasteiger partial charge in [-0.15, -0.1) is 0 Å². The number of aryl methyl sites for hydroxylation is 1. The summed E-state index contributed by atoms with van der Waals surface area (Å²) in [5, 5.41) is 0. The van der Waals surface area contributed by atoms with Gasteiger partial charge in [0, 0.05) is 0 Å². The van der Waals surface area contributed by atoms with Crippen LogP contribution in [-0.2, 0) is 9.59 Å². The van der Waals surface area contributed by atoms with Crippen LogP contribution in [0.4, 0.5) is 0 Å². The van der Waals surface area contributed by atoms with Crippen molar-refractivity contribution in [1.29, 1.82) is 0 Å². The maximum absolute atomic E-state index is 8.00. The predicted octanol–water partition coefficient (Wildman–Crippen LogP) is 3.67. The highest BCUT2D eigenvalue weighted by atomic mass is 16.1. The molecule has 94 valence electrons. The van der Waals surface area contributed by atoms with Crippen LogP contribution in [0, 0.1) is 6.92 Å². The fourth-order valence-corrected chi connectivity index (χ4v) is 2.27. The summed E-state index contributed by atoms with van der Waals surface area (Å²) in [6.07, 6.45) is 7.12. The van der Waals surface area contributed by atoms with Crippen molar-refractivity contribution in [1.82, 2.24) is 0 Å². The van der Waals surface area contributed by atoms with E-state index in [1.54, 1.807) is 5.56 Å². The van der Waals surface area contributed by atoms with Gasteiger partial charge in [0.2, 0.25) is 0 Å². The largest absolute Gasteiger partial charge is 0.307 e. The molecule has 0 atom stereocenters. The summed E-state index contributed by atoms with van der Waals surface area (Å²) in [5.74, 6) is 0.856. The van der Waals surface area contributed by atoms with Gasteiger partial charge in [0.15, 0.2) is 0 Å². The molecule has 0 radical (unpaired) electrons. The highest BCUT2D eigenvalue weighted by Crippen LogP contribution is 2.32. The first kappa shape index (κ1) is 15.6. The van der Waals surface area contributed by atoms with Gasteiger partial charge in [-0.2, -0.15) is 0 Å². The molecule has 17 heavy (non-hydrogen) atoms. The SMILES string of the molecule is C=O.C=O.Cc1ccc(C2CCCCC2)cc1. The summed E-state index contributed by atoms with van der Waals surface area (Å²) in [7, 11) is 0. The van der Waals surface area contributed by atoms with E-state index in [2.05, 4.69) is 31.2 Å². The van der Waals surface area contributed by atoms with E-state index in [1.165, 1.54) is 37.7 Å². The molecule has 0 aliphatic heterocycles. The molecule has 0 spiro atoms. The molecular formula is C15H22O2. The molecule has 1 fully saturated rings. The van der Waals surface area contributed by atoms with Crippen LogP contribution in [0.2, 0.25) is 0 Å². The summed E-state index contributed by atoms with van der Waals surface area (Å²) >= 11 is 0. The van der Waals surface area contributed by atoms with E-state index in [1.807, 2.05) is 13.6 Å². The topological polar surface area (TPSA) is 34.1 Å². The molecule has 0 amide bonds. The average molecular weight is 234 g/mol.